The number of carboxylic acids is 1. The lowest BCUT2D eigenvalue weighted by molar-refractivity contribution is -0.144. The van der Waals surface area contributed by atoms with Gasteiger partial charge in [0.15, 0.2) is 0 Å². The molecule has 4 heteroatoms. The van der Waals surface area contributed by atoms with E-state index in [0.717, 1.165) is 38.8 Å². The number of carboxylic acid groups (broad SMARTS) is 1. The zero-order valence-corrected chi connectivity index (χ0v) is 9.24. The summed E-state index contributed by atoms with van der Waals surface area (Å²) in [7, 11) is 0. The number of carbonyl (C=O) groups is 2. The molecule has 0 aromatic rings. The molecule has 1 N–H and O–H groups in total. The van der Waals surface area contributed by atoms with E-state index in [1.807, 2.05) is 0 Å². The minimum atomic E-state index is -1.03. The van der Waals surface area contributed by atoms with Crippen molar-refractivity contribution in [3.05, 3.63) is 0 Å². The molecule has 1 amide bonds. The minimum absolute atomic E-state index is 0.237. The Kier molecular flexibility index (Phi) is 4.59. The number of rotatable bonds is 3. The Hall–Kier alpha value is -1.06. The maximum absolute atomic E-state index is 11.5. The molecule has 4 nitrogen and oxygen atoms in total. The molecule has 0 aromatic heterocycles. The van der Waals surface area contributed by atoms with Crippen molar-refractivity contribution in [2.24, 2.45) is 5.92 Å². The van der Waals surface area contributed by atoms with Gasteiger partial charge in [-0.1, -0.05) is 13.3 Å². The van der Waals surface area contributed by atoms with Crippen molar-refractivity contribution in [1.29, 1.82) is 0 Å². The van der Waals surface area contributed by atoms with Gasteiger partial charge >= 0.3 is 5.97 Å². The molecule has 0 aromatic carbocycles. The summed E-state index contributed by atoms with van der Waals surface area (Å²) in [5.74, 6) is -0.567. The van der Waals surface area contributed by atoms with Gasteiger partial charge in [-0.15, -0.1) is 0 Å². The van der Waals surface area contributed by atoms with Crippen LogP contribution in [0.25, 0.3) is 0 Å². The number of hydrogen-bond donors (Lipinski definition) is 1. The fourth-order valence-electron chi connectivity index (χ4n) is 2.06. The number of likely N-dealkylation sites (tertiary alicyclic amines) is 1. The summed E-state index contributed by atoms with van der Waals surface area (Å²) < 4.78 is 0. The van der Waals surface area contributed by atoms with Gasteiger partial charge in [-0.2, -0.15) is 0 Å². The lowest BCUT2D eigenvalue weighted by Crippen LogP contribution is -2.33. The Morgan fingerprint density at radius 1 is 1.33 bits per heavy atom. The Bertz CT molecular complexity index is 240. The van der Waals surface area contributed by atoms with Gasteiger partial charge in [-0.25, -0.2) is 0 Å². The number of aliphatic carboxylic acids is 1. The van der Waals surface area contributed by atoms with Crippen LogP contribution in [0.5, 0.6) is 0 Å². The average molecular weight is 213 g/mol. The van der Waals surface area contributed by atoms with Gasteiger partial charge in [-0.05, 0) is 25.2 Å². The van der Waals surface area contributed by atoms with Gasteiger partial charge in [0, 0.05) is 13.1 Å². The molecule has 1 rings (SSSR count). The fraction of sp³-hybridized carbons (Fsp3) is 0.818. The van der Waals surface area contributed by atoms with Crippen molar-refractivity contribution in [3.63, 3.8) is 0 Å². The summed E-state index contributed by atoms with van der Waals surface area (Å²) >= 11 is 0. The summed E-state index contributed by atoms with van der Waals surface area (Å²) in [6.07, 6.45) is 3.97. The molecule has 15 heavy (non-hydrogen) atoms. The highest BCUT2D eigenvalue weighted by molar-refractivity contribution is 5.93. The van der Waals surface area contributed by atoms with Crippen LogP contribution in [0.15, 0.2) is 0 Å². The summed E-state index contributed by atoms with van der Waals surface area (Å²) in [5, 5.41) is 8.54. The first-order chi connectivity index (χ1) is 7.13. The van der Waals surface area contributed by atoms with Crippen molar-refractivity contribution in [2.45, 2.75) is 39.0 Å². The largest absolute Gasteiger partial charge is 0.481 e. The maximum atomic E-state index is 11.5. The average Bonchev–Trinajstić information content (AvgIpc) is 2.41. The van der Waals surface area contributed by atoms with Crippen molar-refractivity contribution in [3.8, 4) is 0 Å². The standard InChI is InChI=1S/C11H19NO3/c1-2-9-4-3-6-12(7-5-9)10(13)8-11(14)15/h9H,2-8H2,1H3,(H,14,15). The second-order valence-corrected chi connectivity index (χ2v) is 4.16. The van der Waals surface area contributed by atoms with E-state index in [0.29, 0.717) is 5.92 Å². The maximum Gasteiger partial charge on any atom is 0.312 e. The number of carbonyl (C=O) groups excluding carboxylic acids is 1. The zero-order chi connectivity index (χ0) is 11.3. The lowest BCUT2D eigenvalue weighted by Gasteiger charge is -2.19. The van der Waals surface area contributed by atoms with E-state index in [-0.39, 0.29) is 12.3 Å². The predicted octanol–water partition coefficient (Wildman–Crippen LogP) is 1.50. The van der Waals surface area contributed by atoms with Crippen LogP contribution in [0.2, 0.25) is 0 Å². The Balaban J connectivity index is 2.42. The van der Waals surface area contributed by atoms with Gasteiger partial charge in [0.25, 0.3) is 0 Å². The number of amides is 1. The molecule has 1 aliphatic rings. The first kappa shape index (κ1) is 12.0. The predicted molar refractivity (Wildman–Crippen MR) is 56.5 cm³/mol. The SMILES string of the molecule is CCC1CCCN(C(=O)CC(=O)O)CC1. The molecule has 0 bridgehead atoms. The highest BCUT2D eigenvalue weighted by Crippen LogP contribution is 2.20. The number of hydrogen-bond acceptors (Lipinski definition) is 2. The first-order valence-electron chi connectivity index (χ1n) is 5.63. The van der Waals surface area contributed by atoms with E-state index in [1.54, 1.807) is 4.90 Å². The smallest absolute Gasteiger partial charge is 0.312 e. The summed E-state index contributed by atoms with van der Waals surface area (Å²) in [6, 6.07) is 0. The quantitative estimate of drug-likeness (QED) is 0.723. The molecule has 0 spiro atoms. The topological polar surface area (TPSA) is 57.6 Å². The third kappa shape index (κ3) is 3.90. The molecule has 0 saturated carbocycles. The van der Waals surface area contributed by atoms with Crippen molar-refractivity contribution in [2.75, 3.05) is 13.1 Å². The van der Waals surface area contributed by atoms with Crippen LogP contribution in [-0.2, 0) is 9.59 Å². The molecular formula is C11H19NO3. The highest BCUT2D eigenvalue weighted by atomic mass is 16.4. The van der Waals surface area contributed by atoms with Crippen molar-refractivity contribution < 1.29 is 14.7 Å². The monoisotopic (exact) mass is 213 g/mol. The van der Waals surface area contributed by atoms with E-state index in [9.17, 15) is 9.59 Å². The second-order valence-electron chi connectivity index (χ2n) is 4.16. The van der Waals surface area contributed by atoms with E-state index in [4.69, 9.17) is 5.11 Å². The number of nitrogens with zero attached hydrogens (tertiary/aromatic N) is 1. The van der Waals surface area contributed by atoms with Gasteiger partial charge < -0.3 is 10.0 Å². The summed E-state index contributed by atoms with van der Waals surface area (Å²) in [4.78, 5) is 23.6. The molecule has 0 aliphatic carbocycles. The van der Waals surface area contributed by atoms with Gasteiger partial charge in [0.1, 0.15) is 6.42 Å². The Labute approximate surface area is 90.3 Å². The third-order valence-electron chi connectivity index (χ3n) is 3.08. The van der Waals surface area contributed by atoms with E-state index in [1.165, 1.54) is 0 Å². The van der Waals surface area contributed by atoms with E-state index in [2.05, 4.69) is 6.92 Å². The molecule has 1 heterocycles. The van der Waals surface area contributed by atoms with Crippen LogP contribution in [0, 0.1) is 5.92 Å². The van der Waals surface area contributed by atoms with E-state index >= 15 is 0 Å². The highest BCUT2D eigenvalue weighted by Gasteiger charge is 2.20. The fourth-order valence-corrected chi connectivity index (χ4v) is 2.06. The Morgan fingerprint density at radius 3 is 2.67 bits per heavy atom. The normalized spacial score (nSPS) is 22.2. The molecule has 1 aliphatic heterocycles. The molecule has 1 fully saturated rings. The van der Waals surface area contributed by atoms with Crippen LogP contribution < -0.4 is 0 Å². The summed E-state index contributed by atoms with van der Waals surface area (Å²) in [5.41, 5.74) is 0. The van der Waals surface area contributed by atoms with E-state index < -0.39 is 5.97 Å². The molecule has 1 atom stereocenters. The first-order valence-corrected chi connectivity index (χ1v) is 5.63. The van der Waals surface area contributed by atoms with Crippen LogP contribution in [-0.4, -0.2) is 35.0 Å². The molecule has 86 valence electrons. The summed E-state index contributed by atoms with van der Waals surface area (Å²) in [6.45, 7) is 3.62. The van der Waals surface area contributed by atoms with Gasteiger partial charge in [-0.3, -0.25) is 9.59 Å². The van der Waals surface area contributed by atoms with Gasteiger partial charge in [0.2, 0.25) is 5.91 Å². The second kappa shape index (κ2) is 5.73. The van der Waals surface area contributed by atoms with Crippen LogP contribution >= 0.6 is 0 Å². The molecule has 0 radical (unpaired) electrons. The lowest BCUT2D eigenvalue weighted by atomic mass is 9.98. The van der Waals surface area contributed by atoms with Crippen molar-refractivity contribution in [1.82, 2.24) is 4.90 Å². The molecule has 1 saturated heterocycles. The Morgan fingerprint density at radius 2 is 2.07 bits per heavy atom. The zero-order valence-electron chi connectivity index (χ0n) is 9.24. The van der Waals surface area contributed by atoms with Crippen LogP contribution in [0.3, 0.4) is 0 Å². The van der Waals surface area contributed by atoms with Crippen LogP contribution in [0.4, 0.5) is 0 Å². The molecule has 1 unspecified atom stereocenters. The van der Waals surface area contributed by atoms with Crippen LogP contribution in [0.1, 0.15) is 39.0 Å². The molecular weight excluding hydrogens is 194 g/mol. The minimum Gasteiger partial charge on any atom is -0.481 e. The third-order valence-corrected chi connectivity index (χ3v) is 3.08. The van der Waals surface area contributed by atoms with Gasteiger partial charge in [0.05, 0.1) is 0 Å². The van der Waals surface area contributed by atoms with Crippen molar-refractivity contribution >= 4 is 11.9 Å².